The molecule has 0 bridgehead atoms. The summed E-state index contributed by atoms with van der Waals surface area (Å²) in [6, 6.07) is 2.42. The third-order valence-corrected chi connectivity index (χ3v) is 1.27. The minimum atomic E-state index is -0.523. The normalized spacial score (nSPS) is 10.1. The van der Waals surface area contributed by atoms with E-state index in [1.54, 1.807) is 0 Å². The van der Waals surface area contributed by atoms with E-state index in [1.807, 2.05) is 0 Å². The molecule has 2 rings (SSSR count). The van der Waals surface area contributed by atoms with Gasteiger partial charge in [-0.3, -0.25) is 4.98 Å². The fraction of sp³-hybridized carbons (Fsp3) is 0. The number of halogens is 1. The molecule has 5 heteroatoms. The van der Waals surface area contributed by atoms with Crippen molar-refractivity contribution in [3.8, 4) is 5.69 Å². The van der Waals surface area contributed by atoms with E-state index in [-0.39, 0.29) is 0 Å². The van der Waals surface area contributed by atoms with Gasteiger partial charge in [-0.2, -0.15) is 10.2 Å². The predicted octanol–water partition coefficient (Wildman–Crippen LogP) is 0.602. The largest absolute Gasteiger partial charge is 0.259 e. The van der Waals surface area contributed by atoms with Gasteiger partial charge in [-0.15, -0.1) is 4.80 Å². The lowest BCUT2D eigenvalue weighted by molar-refractivity contribution is 0.612. The Hall–Kier alpha value is -1.78. The van der Waals surface area contributed by atoms with E-state index in [2.05, 4.69) is 21.2 Å². The third-order valence-electron chi connectivity index (χ3n) is 1.27. The monoisotopic (exact) mass is 163 g/mol. The van der Waals surface area contributed by atoms with Crippen LogP contribution in [0.25, 0.3) is 5.69 Å². The molecular formula is C7H4FN4. The lowest BCUT2D eigenvalue weighted by Gasteiger charge is -1.95. The second kappa shape index (κ2) is 2.69. The van der Waals surface area contributed by atoms with Crippen molar-refractivity contribution in [3.05, 3.63) is 36.7 Å². The van der Waals surface area contributed by atoms with E-state index in [0.29, 0.717) is 5.69 Å². The molecule has 4 nitrogen and oxygen atoms in total. The zero-order chi connectivity index (χ0) is 8.39. The van der Waals surface area contributed by atoms with Crippen molar-refractivity contribution in [2.45, 2.75) is 0 Å². The van der Waals surface area contributed by atoms with Gasteiger partial charge in [-0.05, 0) is 0 Å². The van der Waals surface area contributed by atoms with E-state index >= 15 is 0 Å². The maximum atomic E-state index is 12.6. The maximum Gasteiger partial charge on any atom is 0.151 e. The number of hydrogen-bond donors (Lipinski definition) is 0. The van der Waals surface area contributed by atoms with E-state index < -0.39 is 5.82 Å². The van der Waals surface area contributed by atoms with Crippen LogP contribution in [0.15, 0.2) is 24.8 Å². The Morgan fingerprint density at radius 3 is 2.67 bits per heavy atom. The molecule has 1 radical (unpaired) electrons. The molecule has 0 unspecified atom stereocenters. The van der Waals surface area contributed by atoms with Crippen LogP contribution in [0.4, 0.5) is 4.39 Å². The molecule has 0 aliphatic rings. The van der Waals surface area contributed by atoms with Gasteiger partial charge in [0.1, 0.15) is 5.69 Å². The number of rotatable bonds is 1. The van der Waals surface area contributed by atoms with Gasteiger partial charge in [0, 0.05) is 0 Å². The Kier molecular flexibility index (Phi) is 1.55. The highest BCUT2D eigenvalue weighted by atomic mass is 19.1. The summed E-state index contributed by atoms with van der Waals surface area (Å²) in [6.45, 7) is 0. The third kappa shape index (κ3) is 1.16. The summed E-state index contributed by atoms with van der Waals surface area (Å²) in [5.74, 6) is -0.523. The summed E-state index contributed by atoms with van der Waals surface area (Å²) in [7, 11) is 0. The molecule has 0 spiro atoms. The summed E-state index contributed by atoms with van der Waals surface area (Å²) in [5.41, 5.74) is 0.389. The topological polar surface area (TPSA) is 43.6 Å². The van der Waals surface area contributed by atoms with Crippen LogP contribution < -0.4 is 0 Å². The number of pyridine rings is 1. The Morgan fingerprint density at radius 1 is 1.25 bits per heavy atom. The first kappa shape index (κ1) is 6.90. The van der Waals surface area contributed by atoms with Gasteiger partial charge in [0.05, 0.1) is 30.9 Å². The Labute approximate surface area is 67.7 Å². The molecule has 0 aliphatic heterocycles. The van der Waals surface area contributed by atoms with Gasteiger partial charge in [-0.25, -0.2) is 4.39 Å². The molecule has 2 aromatic rings. The molecule has 2 heterocycles. The fourth-order valence-electron chi connectivity index (χ4n) is 0.802. The fourth-order valence-corrected chi connectivity index (χ4v) is 0.802. The molecule has 59 valence electrons. The minimum Gasteiger partial charge on any atom is -0.259 e. The predicted molar refractivity (Wildman–Crippen MR) is 37.9 cm³/mol. The molecule has 2 aromatic heterocycles. The van der Waals surface area contributed by atoms with Gasteiger partial charge in [0.25, 0.3) is 0 Å². The van der Waals surface area contributed by atoms with E-state index in [9.17, 15) is 4.39 Å². The summed E-state index contributed by atoms with van der Waals surface area (Å²) in [4.78, 5) is 4.88. The molecule has 0 aliphatic carbocycles. The van der Waals surface area contributed by atoms with Crippen LogP contribution in [0.5, 0.6) is 0 Å². The number of aromatic nitrogens is 4. The summed E-state index contributed by atoms with van der Waals surface area (Å²) in [6.07, 6.45) is 5.51. The van der Waals surface area contributed by atoms with Crippen molar-refractivity contribution in [2.24, 2.45) is 0 Å². The second-order valence-electron chi connectivity index (χ2n) is 2.08. The highest BCUT2D eigenvalue weighted by molar-refractivity contribution is 5.22. The van der Waals surface area contributed by atoms with E-state index in [1.165, 1.54) is 23.4 Å². The van der Waals surface area contributed by atoms with Crippen molar-refractivity contribution in [1.29, 1.82) is 0 Å². The number of hydrogen-bond acceptors (Lipinski definition) is 3. The lowest BCUT2D eigenvalue weighted by atomic mass is 10.4. The second-order valence-corrected chi connectivity index (χ2v) is 2.08. The van der Waals surface area contributed by atoms with Crippen molar-refractivity contribution < 1.29 is 4.39 Å². The maximum absolute atomic E-state index is 12.6. The molecule has 0 atom stereocenters. The first-order valence-corrected chi connectivity index (χ1v) is 3.26. The zero-order valence-corrected chi connectivity index (χ0v) is 5.98. The Morgan fingerprint density at radius 2 is 2.00 bits per heavy atom. The summed E-state index contributed by atoms with van der Waals surface area (Å²) >= 11 is 0. The SMILES string of the molecule is Fc1[c]c(-n2nccn2)cnc1. The standard InChI is InChI=1S/C7H4FN4/c8-6-3-7(5-9-4-6)12-10-1-2-11-12/h1-2,4-5H. The van der Waals surface area contributed by atoms with Crippen molar-refractivity contribution in [2.75, 3.05) is 0 Å². The van der Waals surface area contributed by atoms with Crippen LogP contribution in [0.2, 0.25) is 0 Å². The molecule has 0 fully saturated rings. The molecule has 12 heavy (non-hydrogen) atoms. The molecular weight excluding hydrogens is 159 g/mol. The molecule has 0 aromatic carbocycles. The molecule has 0 saturated heterocycles. The first-order chi connectivity index (χ1) is 5.86. The van der Waals surface area contributed by atoms with Crippen LogP contribution in [0.3, 0.4) is 0 Å². The van der Waals surface area contributed by atoms with Gasteiger partial charge in [0.15, 0.2) is 5.82 Å². The minimum absolute atomic E-state index is 0.389. The lowest BCUT2D eigenvalue weighted by Crippen LogP contribution is -1.99. The highest BCUT2D eigenvalue weighted by Crippen LogP contribution is 2.02. The van der Waals surface area contributed by atoms with Crippen LogP contribution in [-0.4, -0.2) is 20.0 Å². The van der Waals surface area contributed by atoms with Gasteiger partial charge < -0.3 is 0 Å². The van der Waals surface area contributed by atoms with Crippen LogP contribution in [-0.2, 0) is 0 Å². The molecule has 0 saturated carbocycles. The number of nitrogens with zero attached hydrogens (tertiary/aromatic N) is 4. The summed E-state index contributed by atoms with van der Waals surface area (Å²) < 4.78 is 12.6. The van der Waals surface area contributed by atoms with Gasteiger partial charge in [-0.1, -0.05) is 0 Å². The Balaban J connectivity index is 2.48. The van der Waals surface area contributed by atoms with Crippen molar-refractivity contribution in [3.63, 3.8) is 0 Å². The average molecular weight is 163 g/mol. The van der Waals surface area contributed by atoms with E-state index in [0.717, 1.165) is 6.20 Å². The highest BCUT2D eigenvalue weighted by Gasteiger charge is 1.99. The van der Waals surface area contributed by atoms with Crippen LogP contribution in [0, 0.1) is 11.9 Å². The van der Waals surface area contributed by atoms with Crippen LogP contribution >= 0.6 is 0 Å². The molecule has 0 amide bonds. The Bertz CT molecular complexity index is 371. The van der Waals surface area contributed by atoms with Gasteiger partial charge >= 0.3 is 0 Å². The summed E-state index contributed by atoms with van der Waals surface area (Å²) in [5, 5.41) is 7.59. The van der Waals surface area contributed by atoms with Gasteiger partial charge in [0.2, 0.25) is 0 Å². The van der Waals surface area contributed by atoms with E-state index in [4.69, 9.17) is 0 Å². The smallest absolute Gasteiger partial charge is 0.151 e. The first-order valence-electron chi connectivity index (χ1n) is 3.26. The van der Waals surface area contributed by atoms with Crippen LogP contribution in [0.1, 0.15) is 0 Å². The quantitative estimate of drug-likeness (QED) is 0.618. The molecule has 0 N–H and O–H groups in total. The average Bonchev–Trinajstić information content (AvgIpc) is 2.56. The zero-order valence-electron chi connectivity index (χ0n) is 5.98. The van der Waals surface area contributed by atoms with Crippen molar-refractivity contribution >= 4 is 0 Å². The van der Waals surface area contributed by atoms with Crippen molar-refractivity contribution in [1.82, 2.24) is 20.0 Å².